The van der Waals surface area contributed by atoms with Crippen molar-refractivity contribution in [1.29, 1.82) is 0 Å². The molecule has 0 unspecified atom stereocenters. The van der Waals surface area contributed by atoms with E-state index in [9.17, 15) is 13.6 Å². The fourth-order valence-corrected chi connectivity index (χ4v) is 2.38. The van der Waals surface area contributed by atoms with Gasteiger partial charge in [0.05, 0.1) is 12.0 Å². The highest BCUT2D eigenvalue weighted by Crippen LogP contribution is 2.32. The summed E-state index contributed by atoms with van der Waals surface area (Å²) in [7, 11) is 1.58. The molecule has 28 heavy (non-hydrogen) atoms. The Bertz CT molecular complexity index is 667. The second-order valence-electron chi connectivity index (χ2n) is 6.58. The number of rotatable bonds is 10. The largest absolute Gasteiger partial charge is 0.490 e. The fourth-order valence-electron chi connectivity index (χ4n) is 2.38. The molecule has 1 rings (SSSR count). The molecule has 158 valence electrons. The molecule has 0 spiro atoms. The van der Waals surface area contributed by atoms with Gasteiger partial charge in [-0.25, -0.2) is 0 Å². The SMILES string of the molecule is CCNC(=O)C(C)(C)CNC(=NC)NCc1cccc(OCC)c1OC(F)F. The number of hydrogen-bond donors (Lipinski definition) is 3. The summed E-state index contributed by atoms with van der Waals surface area (Å²) in [5, 5.41) is 8.90. The van der Waals surface area contributed by atoms with Crippen molar-refractivity contribution < 1.29 is 23.0 Å². The monoisotopic (exact) mass is 400 g/mol. The van der Waals surface area contributed by atoms with Crippen molar-refractivity contribution in [1.82, 2.24) is 16.0 Å². The molecular formula is C19H30F2N4O3. The number of ether oxygens (including phenoxy) is 2. The van der Waals surface area contributed by atoms with E-state index < -0.39 is 12.0 Å². The van der Waals surface area contributed by atoms with Crippen LogP contribution >= 0.6 is 0 Å². The van der Waals surface area contributed by atoms with Crippen molar-refractivity contribution in [3.05, 3.63) is 23.8 Å². The van der Waals surface area contributed by atoms with Crippen LogP contribution in [0.15, 0.2) is 23.2 Å². The van der Waals surface area contributed by atoms with E-state index in [1.54, 1.807) is 32.2 Å². The maximum absolute atomic E-state index is 12.8. The van der Waals surface area contributed by atoms with Crippen LogP contribution in [-0.2, 0) is 11.3 Å². The number of amides is 1. The average Bonchev–Trinajstić information content (AvgIpc) is 2.64. The molecule has 0 aliphatic carbocycles. The highest BCUT2D eigenvalue weighted by molar-refractivity contribution is 5.84. The van der Waals surface area contributed by atoms with Crippen LogP contribution in [0.5, 0.6) is 11.5 Å². The summed E-state index contributed by atoms with van der Waals surface area (Å²) in [6.45, 7) is 5.71. The predicted octanol–water partition coefficient (Wildman–Crippen LogP) is 2.51. The number of carbonyl (C=O) groups is 1. The van der Waals surface area contributed by atoms with Crippen LogP contribution in [0, 0.1) is 5.41 Å². The molecule has 9 heteroatoms. The van der Waals surface area contributed by atoms with Gasteiger partial charge in [0, 0.05) is 32.2 Å². The van der Waals surface area contributed by atoms with Gasteiger partial charge in [-0.05, 0) is 33.8 Å². The van der Waals surface area contributed by atoms with E-state index in [2.05, 4.69) is 25.7 Å². The molecule has 0 saturated heterocycles. The highest BCUT2D eigenvalue weighted by Gasteiger charge is 2.27. The normalized spacial score (nSPS) is 11.9. The van der Waals surface area contributed by atoms with Crippen molar-refractivity contribution in [2.45, 2.75) is 40.9 Å². The van der Waals surface area contributed by atoms with Crippen molar-refractivity contribution >= 4 is 11.9 Å². The number of benzene rings is 1. The number of halogens is 2. The first-order valence-electron chi connectivity index (χ1n) is 9.17. The first-order chi connectivity index (χ1) is 13.2. The minimum absolute atomic E-state index is 0.00930. The van der Waals surface area contributed by atoms with Crippen LogP contribution in [-0.4, -0.2) is 45.2 Å². The third kappa shape index (κ3) is 7.21. The van der Waals surface area contributed by atoms with Gasteiger partial charge in [-0.2, -0.15) is 8.78 Å². The zero-order valence-corrected chi connectivity index (χ0v) is 17.1. The van der Waals surface area contributed by atoms with Gasteiger partial charge in [0.15, 0.2) is 17.5 Å². The zero-order chi connectivity index (χ0) is 21.2. The maximum Gasteiger partial charge on any atom is 0.387 e. The smallest absolute Gasteiger partial charge is 0.387 e. The van der Waals surface area contributed by atoms with Gasteiger partial charge in [0.1, 0.15) is 0 Å². The van der Waals surface area contributed by atoms with Crippen molar-refractivity contribution in [2.24, 2.45) is 10.4 Å². The second-order valence-corrected chi connectivity index (χ2v) is 6.58. The van der Waals surface area contributed by atoms with Gasteiger partial charge in [0.2, 0.25) is 5.91 Å². The van der Waals surface area contributed by atoms with E-state index in [0.29, 0.717) is 31.2 Å². The minimum atomic E-state index is -2.96. The number of alkyl halides is 2. The van der Waals surface area contributed by atoms with Crippen molar-refractivity contribution in [3.63, 3.8) is 0 Å². The van der Waals surface area contributed by atoms with E-state index in [1.165, 1.54) is 0 Å². The van der Waals surface area contributed by atoms with Crippen molar-refractivity contribution in [2.75, 3.05) is 26.7 Å². The molecule has 0 fully saturated rings. The Labute approximate surface area is 164 Å². The van der Waals surface area contributed by atoms with E-state index >= 15 is 0 Å². The molecule has 1 aromatic carbocycles. The lowest BCUT2D eigenvalue weighted by molar-refractivity contribution is -0.128. The number of aliphatic imine (C=N–C) groups is 1. The number of para-hydroxylation sites is 1. The number of hydrogen-bond acceptors (Lipinski definition) is 4. The molecule has 0 heterocycles. The summed E-state index contributed by atoms with van der Waals surface area (Å²) in [5.74, 6) is 0.601. The summed E-state index contributed by atoms with van der Waals surface area (Å²) in [6.07, 6.45) is 0. The van der Waals surface area contributed by atoms with Gasteiger partial charge < -0.3 is 25.4 Å². The summed E-state index contributed by atoms with van der Waals surface area (Å²) in [6, 6.07) is 4.94. The van der Waals surface area contributed by atoms with Crippen LogP contribution in [0.3, 0.4) is 0 Å². The average molecular weight is 400 g/mol. The minimum Gasteiger partial charge on any atom is -0.490 e. The van der Waals surface area contributed by atoms with Crippen LogP contribution in [0.2, 0.25) is 0 Å². The van der Waals surface area contributed by atoms with Gasteiger partial charge in [-0.1, -0.05) is 12.1 Å². The quantitative estimate of drug-likeness (QED) is 0.415. The first kappa shape index (κ1) is 23.5. The predicted molar refractivity (Wildman–Crippen MR) is 105 cm³/mol. The molecule has 0 bridgehead atoms. The van der Waals surface area contributed by atoms with Crippen LogP contribution in [0.4, 0.5) is 8.78 Å². The summed E-state index contributed by atoms with van der Waals surface area (Å²) in [4.78, 5) is 16.2. The lowest BCUT2D eigenvalue weighted by Crippen LogP contribution is -2.47. The van der Waals surface area contributed by atoms with Crippen LogP contribution in [0.1, 0.15) is 33.3 Å². The molecule has 3 N–H and O–H groups in total. The summed E-state index contributed by atoms with van der Waals surface area (Å²) >= 11 is 0. The zero-order valence-electron chi connectivity index (χ0n) is 17.1. The number of carbonyl (C=O) groups excluding carboxylic acids is 1. The van der Waals surface area contributed by atoms with E-state index in [0.717, 1.165) is 0 Å². The van der Waals surface area contributed by atoms with Crippen LogP contribution in [0.25, 0.3) is 0 Å². The Balaban J connectivity index is 2.80. The lowest BCUT2D eigenvalue weighted by Gasteiger charge is -2.25. The summed E-state index contributed by atoms with van der Waals surface area (Å²) < 4.78 is 35.6. The van der Waals surface area contributed by atoms with Gasteiger partial charge >= 0.3 is 6.61 Å². The molecule has 0 radical (unpaired) electrons. The fraction of sp³-hybridized carbons (Fsp3) is 0.579. The molecule has 0 atom stereocenters. The molecule has 0 aliphatic heterocycles. The Kier molecular flexibility index (Phi) is 9.47. The lowest BCUT2D eigenvalue weighted by atomic mass is 9.92. The van der Waals surface area contributed by atoms with Gasteiger partial charge in [-0.15, -0.1) is 0 Å². The highest BCUT2D eigenvalue weighted by atomic mass is 19.3. The van der Waals surface area contributed by atoms with Gasteiger partial charge in [-0.3, -0.25) is 9.79 Å². The molecule has 0 saturated carbocycles. The Hall–Kier alpha value is -2.58. The Morgan fingerprint density at radius 1 is 1.21 bits per heavy atom. The van der Waals surface area contributed by atoms with E-state index in [-0.39, 0.29) is 24.0 Å². The Morgan fingerprint density at radius 2 is 1.93 bits per heavy atom. The molecule has 0 aliphatic rings. The second kappa shape index (κ2) is 11.3. The summed E-state index contributed by atoms with van der Waals surface area (Å²) in [5.41, 5.74) is -0.149. The van der Waals surface area contributed by atoms with E-state index in [1.807, 2.05) is 20.8 Å². The first-order valence-corrected chi connectivity index (χ1v) is 9.17. The number of nitrogens with zero attached hydrogens (tertiary/aromatic N) is 1. The Morgan fingerprint density at radius 3 is 2.50 bits per heavy atom. The van der Waals surface area contributed by atoms with Gasteiger partial charge in [0.25, 0.3) is 0 Å². The molecule has 1 aromatic rings. The van der Waals surface area contributed by atoms with Crippen LogP contribution < -0.4 is 25.4 Å². The molecule has 0 aromatic heterocycles. The topological polar surface area (TPSA) is 84.0 Å². The molecular weight excluding hydrogens is 370 g/mol. The number of guanidine groups is 1. The third-order valence-electron chi connectivity index (χ3n) is 3.89. The molecule has 1 amide bonds. The number of nitrogens with one attached hydrogen (secondary N) is 3. The standard InChI is InChI=1S/C19H30F2N4O3/c1-6-23-16(26)19(3,4)12-25-18(22-5)24-11-13-9-8-10-14(27-7-2)15(13)28-17(20)21/h8-10,17H,6-7,11-12H2,1-5H3,(H,23,26)(H2,22,24,25). The third-order valence-corrected chi connectivity index (χ3v) is 3.89. The maximum atomic E-state index is 12.8. The van der Waals surface area contributed by atoms with Crippen molar-refractivity contribution in [3.8, 4) is 11.5 Å². The van der Waals surface area contributed by atoms with E-state index in [4.69, 9.17) is 4.74 Å². The molecule has 7 nitrogen and oxygen atoms in total.